The second-order valence-corrected chi connectivity index (χ2v) is 7.03. The van der Waals surface area contributed by atoms with Crippen molar-refractivity contribution in [3.8, 4) is 0 Å². The lowest BCUT2D eigenvalue weighted by atomic mass is 10.1. The van der Waals surface area contributed by atoms with Crippen LogP contribution in [0.2, 0.25) is 0 Å². The first-order valence-electron chi connectivity index (χ1n) is 9.30. The smallest absolute Gasteiger partial charge is 0.257 e. The zero-order valence-electron chi connectivity index (χ0n) is 16.8. The van der Waals surface area contributed by atoms with Gasteiger partial charge in [0.05, 0.1) is 11.1 Å². The second-order valence-electron chi connectivity index (χ2n) is 7.03. The molecule has 0 aliphatic carbocycles. The van der Waals surface area contributed by atoms with E-state index >= 15 is 0 Å². The molecule has 2 N–H and O–H groups in total. The average Bonchev–Trinajstić information content (AvgIpc) is 2.73. The van der Waals surface area contributed by atoms with E-state index in [9.17, 15) is 9.59 Å². The maximum Gasteiger partial charge on any atom is 0.257 e. The van der Waals surface area contributed by atoms with E-state index in [1.807, 2.05) is 74.4 Å². The molecule has 0 saturated heterocycles. The molecule has 0 aliphatic heterocycles. The highest BCUT2D eigenvalue weighted by Gasteiger charge is 2.12. The van der Waals surface area contributed by atoms with Crippen LogP contribution in [0.3, 0.4) is 0 Å². The van der Waals surface area contributed by atoms with E-state index in [0.717, 1.165) is 11.3 Å². The first-order chi connectivity index (χ1) is 13.9. The number of carbonyl (C=O) groups excluding carboxylic acids is 2. The fourth-order valence-electron chi connectivity index (χ4n) is 2.72. The van der Waals surface area contributed by atoms with E-state index in [4.69, 9.17) is 0 Å². The summed E-state index contributed by atoms with van der Waals surface area (Å²) in [4.78, 5) is 31.0. The van der Waals surface area contributed by atoms with Crippen LogP contribution in [-0.4, -0.2) is 30.9 Å². The fraction of sp³-hybridized carbons (Fsp3) is 0.174. The van der Waals surface area contributed by atoms with Crippen molar-refractivity contribution in [2.45, 2.75) is 13.5 Å². The molecule has 1 heterocycles. The van der Waals surface area contributed by atoms with Gasteiger partial charge in [-0.05, 0) is 42.8 Å². The standard InChI is InChI=1S/C23H24N4O2/c1-16-4-6-17(7-5-16)13-25-22(28)18-12-19(15-24-14-18)23(29)26-20-8-10-21(11-9-20)27(2)3/h4-12,14-15H,13H2,1-3H3,(H,25,28)(H,26,29). The van der Waals surface area contributed by atoms with Gasteiger partial charge < -0.3 is 15.5 Å². The highest BCUT2D eigenvalue weighted by Crippen LogP contribution is 2.16. The summed E-state index contributed by atoms with van der Waals surface area (Å²) >= 11 is 0. The first kappa shape index (κ1) is 20.1. The summed E-state index contributed by atoms with van der Waals surface area (Å²) in [5.41, 5.74) is 4.55. The minimum absolute atomic E-state index is 0.275. The molecular formula is C23H24N4O2. The van der Waals surface area contributed by atoms with E-state index in [-0.39, 0.29) is 11.8 Å². The molecule has 2 amide bonds. The van der Waals surface area contributed by atoms with Gasteiger partial charge in [0, 0.05) is 44.4 Å². The first-order valence-corrected chi connectivity index (χ1v) is 9.30. The van der Waals surface area contributed by atoms with E-state index in [1.165, 1.54) is 18.0 Å². The molecule has 0 radical (unpaired) electrons. The van der Waals surface area contributed by atoms with Crippen molar-refractivity contribution in [3.63, 3.8) is 0 Å². The van der Waals surface area contributed by atoms with Crippen LogP contribution < -0.4 is 15.5 Å². The minimum atomic E-state index is -0.316. The lowest BCUT2D eigenvalue weighted by Crippen LogP contribution is -2.23. The summed E-state index contributed by atoms with van der Waals surface area (Å²) in [6.07, 6.45) is 2.90. The van der Waals surface area contributed by atoms with Gasteiger partial charge in [0.2, 0.25) is 0 Å². The van der Waals surface area contributed by atoms with Gasteiger partial charge in [0.1, 0.15) is 0 Å². The molecule has 0 atom stereocenters. The van der Waals surface area contributed by atoms with E-state index in [0.29, 0.717) is 23.4 Å². The normalized spacial score (nSPS) is 10.3. The molecule has 2 aromatic carbocycles. The second kappa shape index (κ2) is 9.01. The third-order valence-electron chi connectivity index (χ3n) is 4.48. The van der Waals surface area contributed by atoms with Crippen molar-refractivity contribution in [1.82, 2.24) is 10.3 Å². The van der Waals surface area contributed by atoms with Crippen molar-refractivity contribution in [2.75, 3.05) is 24.3 Å². The molecule has 148 valence electrons. The molecule has 6 heteroatoms. The summed E-state index contributed by atoms with van der Waals surface area (Å²) in [5, 5.41) is 5.68. The molecular weight excluding hydrogens is 364 g/mol. The van der Waals surface area contributed by atoms with Gasteiger partial charge in [-0.3, -0.25) is 14.6 Å². The lowest BCUT2D eigenvalue weighted by Gasteiger charge is -2.13. The zero-order chi connectivity index (χ0) is 20.8. The number of rotatable bonds is 6. The van der Waals surface area contributed by atoms with E-state index < -0.39 is 0 Å². The number of hydrogen-bond donors (Lipinski definition) is 2. The van der Waals surface area contributed by atoms with Crippen LogP contribution in [0.25, 0.3) is 0 Å². The Morgan fingerprint density at radius 3 is 2.14 bits per heavy atom. The Hall–Kier alpha value is -3.67. The number of pyridine rings is 1. The summed E-state index contributed by atoms with van der Waals surface area (Å²) in [6, 6.07) is 17.0. The predicted octanol–water partition coefficient (Wildman–Crippen LogP) is 3.64. The maximum atomic E-state index is 12.5. The Morgan fingerprint density at radius 2 is 1.52 bits per heavy atom. The topological polar surface area (TPSA) is 74.3 Å². The molecule has 6 nitrogen and oxygen atoms in total. The van der Waals surface area contributed by atoms with Crippen molar-refractivity contribution >= 4 is 23.2 Å². The number of carbonyl (C=O) groups is 2. The molecule has 0 saturated carbocycles. The van der Waals surface area contributed by atoms with Gasteiger partial charge in [-0.25, -0.2) is 0 Å². The Bertz CT molecular complexity index is 996. The van der Waals surface area contributed by atoms with Gasteiger partial charge in [-0.2, -0.15) is 0 Å². The fourth-order valence-corrected chi connectivity index (χ4v) is 2.72. The Morgan fingerprint density at radius 1 is 0.897 bits per heavy atom. The monoisotopic (exact) mass is 388 g/mol. The molecule has 3 aromatic rings. The quantitative estimate of drug-likeness (QED) is 0.676. The van der Waals surface area contributed by atoms with Crippen LogP contribution >= 0.6 is 0 Å². The van der Waals surface area contributed by atoms with Crippen LogP contribution in [0.4, 0.5) is 11.4 Å². The summed E-state index contributed by atoms with van der Waals surface area (Å²) in [6.45, 7) is 2.43. The molecule has 3 rings (SSSR count). The van der Waals surface area contributed by atoms with Crippen LogP contribution in [0.15, 0.2) is 67.0 Å². The summed E-state index contributed by atoms with van der Waals surface area (Å²) in [5.74, 6) is -0.591. The summed E-state index contributed by atoms with van der Waals surface area (Å²) < 4.78 is 0. The van der Waals surface area contributed by atoms with Gasteiger partial charge in [0.25, 0.3) is 11.8 Å². The van der Waals surface area contributed by atoms with E-state index in [1.54, 1.807) is 6.07 Å². The Labute approximate surface area is 170 Å². The lowest BCUT2D eigenvalue weighted by molar-refractivity contribution is 0.0950. The van der Waals surface area contributed by atoms with Crippen molar-refractivity contribution in [2.24, 2.45) is 0 Å². The third-order valence-corrected chi connectivity index (χ3v) is 4.48. The number of benzene rings is 2. The molecule has 0 aliphatic rings. The SMILES string of the molecule is Cc1ccc(CNC(=O)c2cncc(C(=O)Nc3ccc(N(C)C)cc3)c2)cc1. The Kier molecular flexibility index (Phi) is 6.24. The third kappa shape index (κ3) is 5.42. The number of hydrogen-bond acceptors (Lipinski definition) is 4. The van der Waals surface area contributed by atoms with Gasteiger partial charge in [-0.15, -0.1) is 0 Å². The van der Waals surface area contributed by atoms with Gasteiger partial charge in [-0.1, -0.05) is 29.8 Å². The van der Waals surface area contributed by atoms with Crippen LogP contribution in [0.1, 0.15) is 31.8 Å². The zero-order valence-corrected chi connectivity index (χ0v) is 16.8. The summed E-state index contributed by atoms with van der Waals surface area (Å²) in [7, 11) is 3.91. The van der Waals surface area contributed by atoms with Crippen molar-refractivity contribution in [1.29, 1.82) is 0 Å². The average molecular weight is 388 g/mol. The molecule has 0 unspecified atom stereocenters. The van der Waals surface area contributed by atoms with Gasteiger partial charge >= 0.3 is 0 Å². The van der Waals surface area contributed by atoms with E-state index in [2.05, 4.69) is 15.6 Å². The van der Waals surface area contributed by atoms with Crippen molar-refractivity contribution in [3.05, 3.63) is 89.2 Å². The molecule has 0 bridgehead atoms. The highest BCUT2D eigenvalue weighted by atomic mass is 16.2. The highest BCUT2D eigenvalue weighted by molar-refractivity contribution is 6.05. The van der Waals surface area contributed by atoms with Crippen LogP contribution in [-0.2, 0) is 6.54 Å². The predicted molar refractivity (Wildman–Crippen MR) is 115 cm³/mol. The Balaban J connectivity index is 1.63. The van der Waals surface area contributed by atoms with Crippen molar-refractivity contribution < 1.29 is 9.59 Å². The largest absolute Gasteiger partial charge is 0.378 e. The molecule has 29 heavy (non-hydrogen) atoms. The van der Waals surface area contributed by atoms with Crippen LogP contribution in [0, 0.1) is 6.92 Å². The molecule has 0 fully saturated rings. The van der Waals surface area contributed by atoms with Crippen LogP contribution in [0.5, 0.6) is 0 Å². The number of nitrogens with one attached hydrogen (secondary N) is 2. The number of nitrogens with zero attached hydrogens (tertiary/aromatic N) is 2. The minimum Gasteiger partial charge on any atom is -0.378 e. The molecule has 1 aromatic heterocycles. The number of aromatic nitrogens is 1. The number of aryl methyl sites for hydroxylation is 1. The van der Waals surface area contributed by atoms with Gasteiger partial charge in [0.15, 0.2) is 0 Å². The number of amides is 2. The molecule has 0 spiro atoms. The number of anilines is 2. The maximum absolute atomic E-state index is 12.5.